The van der Waals surface area contributed by atoms with Crippen LogP contribution in [-0.2, 0) is 9.59 Å². The van der Waals surface area contributed by atoms with Crippen LogP contribution in [0.5, 0.6) is 0 Å². The quantitative estimate of drug-likeness (QED) is 0.701. The molecule has 0 fully saturated rings. The molecule has 2 heteroatoms. The van der Waals surface area contributed by atoms with Gasteiger partial charge in [0.1, 0.15) is 0 Å². The zero-order valence-corrected chi connectivity index (χ0v) is 7.49. The van der Waals surface area contributed by atoms with Crippen molar-refractivity contribution in [2.75, 3.05) is 0 Å². The first-order valence-electron chi connectivity index (χ1n) is 4.42. The third-order valence-corrected chi connectivity index (χ3v) is 2.42. The summed E-state index contributed by atoms with van der Waals surface area (Å²) in [5.41, 5.74) is 2.20. The maximum atomic E-state index is 10.7. The van der Waals surface area contributed by atoms with Crippen molar-refractivity contribution >= 4 is 18.6 Å². The van der Waals surface area contributed by atoms with Crippen molar-refractivity contribution in [1.82, 2.24) is 0 Å². The van der Waals surface area contributed by atoms with E-state index in [0.29, 0.717) is 12.0 Å². The summed E-state index contributed by atoms with van der Waals surface area (Å²) in [5.74, 6) is -0.233. The molecule has 0 bridgehead atoms. The van der Waals surface area contributed by atoms with Crippen molar-refractivity contribution in [2.45, 2.75) is 12.3 Å². The Balaban J connectivity index is 2.61. The van der Waals surface area contributed by atoms with Crippen LogP contribution in [0.1, 0.15) is 29.0 Å². The molecule has 0 saturated heterocycles. The number of benzene rings is 1. The minimum atomic E-state index is -0.233. The van der Waals surface area contributed by atoms with Crippen LogP contribution < -0.4 is 0 Å². The van der Waals surface area contributed by atoms with Gasteiger partial charge in [-0.05, 0) is 17.5 Å². The molecule has 2 radical (unpaired) electrons. The lowest BCUT2D eigenvalue weighted by Gasteiger charge is -2.16. The van der Waals surface area contributed by atoms with Crippen molar-refractivity contribution in [3.63, 3.8) is 0 Å². The van der Waals surface area contributed by atoms with Crippen molar-refractivity contribution in [3.8, 4) is 0 Å². The molecule has 1 aliphatic carbocycles. The van der Waals surface area contributed by atoms with Gasteiger partial charge in [-0.15, -0.1) is 0 Å². The van der Waals surface area contributed by atoms with Gasteiger partial charge in [0.25, 0.3) is 0 Å². The van der Waals surface area contributed by atoms with Gasteiger partial charge in [-0.1, -0.05) is 30.4 Å². The van der Waals surface area contributed by atoms with Crippen LogP contribution in [0.15, 0.2) is 24.3 Å². The van der Waals surface area contributed by atoms with E-state index in [1.807, 2.05) is 30.8 Å². The lowest BCUT2D eigenvalue weighted by atomic mass is 9.86. The van der Waals surface area contributed by atoms with E-state index in [2.05, 4.69) is 0 Å². The molecular weight excluding hydrogens is 176 g/mol. The highest BCUT2D eigenvalue weighted by Gasteiger charge is 2.18. The van der Waals surface area contributed by atoms with Gasteiger partial charge < -0.3 is 0 Å². The molecule has 1 aromatic rings. The second kappa shape index (κ2) is 3.58. The van der Waals surface area contributed by atoms with E-state index in [-0.39, 0.29) is 5.92 Å². The molecule has 0 N–H and O–H groups in total. The first-order chi connectivity index (χ1) is 6.86. The topological polar surface area (TPSA) is 34.1 Å². The molecule has 1 unspecified atom stereocenters. The molecule has 0 heterocycles. The Morgan fingerprint density at radius 2 is 2.14 bits per heavy atom. The SMILES string of the molecule is O=[C]c1cccc2c1C=CCC2[C]=O. The normalized spacial score (nSPS) is 18.7. The van der Waals surface area contributed by atoms with Gasteiger partial charge in [-0.3, -0.25) is 9.59 Å². The molecule has 68 valence electrons. The standard InChI is InChI=1S/C12H8O2/c13-7-9-3-1-5-11-10(8-14)4-2-6-12(9)11/h1-3,5-6,10H,4H2. The molecule has 0 aromatic heterocycles. The molecule has 0 amide bonds. The number of allylic oxidation sites excluding steroid dienone is 1. The number of fused-ring (bicyclic) bond motifs is 1. The summed E-state index contributed by atoms with van der Waals surface area (Å²) in [5, 5.41) is 0. The van der Waals surface area contributed by atoms with Crippen molar-refractivity contribution in [1.29, 1.82) is 0 Å². The summed E-state index contributed by atoms with van der Waals surface area (Å²) >= 11 is 0. The lowest BCUT2D eigenvalue weighted by Crippen LogP contribution is -2.06. The van der Waals surface area contributed by atoms with E-state index < -0.39 is 0 Å². The van der Waals surface area contributed by atoms with Crippen LogP contribution in [0.4, 0.5) is 0 Å². The number of rotatable bonds is 2. The Labute approximate surface area is 82.2 Å². The second-order valence-electron chi connectivity index (χ2n) is 3.22. The maximum absolute atomic E-state index is 10.7. The molecule has 0 saturated carbocycles. The maximum Gasteiger partial charge on any atom is 0.234 e. The predicted molar refractivity (Wildman–Crippen MR) is 53.3 cm³/mol. The molecule has 0 aliphatic heterocycles. The fraction of sp³-hybridized carbons (Fsp3) is 0.167. The van der Waals surface area contributed by atoms with E-state index >= 15 is 0 Å². The zero-order chi connectivity index (χ0) is 9.97. The van der Waals surface area contributed by atoms with Gasteiger partial charge >= 0.3 is 0 Å². The molecule has 1 atom stereocenters. The summed E-state index contributed by atoms with van der Waals surface area (Å²) in [6.45, 7) is 0. The summed E-state index contributed by atoms with van der Waals surface area (Å²) in [4.78, 5) is 21.3. The van der Waals surface area contributed by atoms with Crippen LogP contribution in [-0.4, -0.2) is 12.6 Å². The molecule has 2 nitrogen and oxygen atoms in total. The summed E-state index contributed by atoms with van der Waals surface area (Å²) < 4.78 is 0. The minimum absolute atomic E-state index is 0.233. The van der Waals surface area contributed by atoms with E-state index in [4.69, 9.17) is 0 Å². The van der Waals surface area contributed by atoms with Crippen LogP contribution in [0.2, 0.25) is 0 Å². The third kappa shape index (κ3) is 1.29. The summed E-state index contributed by atoms with van der Waals surface area (Å²) in [6, 6.07) is 5.32. The van der Waals surface area contributed by atoms with E-state index in [9.17, 15) is 9.59 Å². The Bertz CT molecular complexity index is 405. The highest BCUT2D eigenvalue weighted by Crippen LogP contribution is 2.29. The minimum Gasteiger partial charge on any atom is -0.290 e. The van der Waals surface area contributed by atoms with Crippen LogP contribution in [0, 0.1) is 0 Å². The largest absolute Gasteiger partial charge is 0.290 e. The van der Waals surface area contributed by atoms with Crippen molar-refractivity contribution < 1.29 is 9.59 Å². The average molecular weight is 184 g/mol. The first kappa shape index (κ1) is 8.88. The van der Waals surface area contributed by atoms with Gasteiger partial charge in [-0.25, -0.2) is 0 Å². The summed E-state index contributed by atoms with van der Waals surface area (Å²) in [6.07, 6.45) is 8.27. The van der Waals surface area contributed by atoms with E-state index in [1.165, 1.54) is 0 Å². The third-order valence-electron chi connectivity index (χ3n) is 2.42. The Morgan fingerprint density at radius 1 is 1.29 bits per heavy atom. The van der Waals surface area contributed by atoms with Crippen LogP contribution in [0.25, 0.3) is 6.08 Å². The molecule has 2 rings (SSSR count). The Morgan fingerprint density at radius 3 is 2.86 bits per heavy atom. The van der Waals surface area contributed by atoms with Gasteiger partial charge in [0.05, 0.1) is 5.92 Å². The van der Waals surface area contributed by atoms with Crippen molar-refractivity contribution in [3.05, 3.63) is 41.0 Å². The number of hydrogen-bond acceptors (Lipinski definition) is 2. The number of carbonyl (C=O) groups excluding carboxylic acids is 2. The predicted octanol–water partition coefficient (Wildman–Crippen LogP) is 1.75. The lowest BCUT2D eigenvalue weighted by molar-refractivity contribution is 0.542. The molecule has 1 aromatic carbocycles. The van der Waals surface area contributed by atoms with Crippen LogP contribution in [0.3, 0.4) is 0 Å². The van der Waals surface area contributed by atoms with Gasteiger partial charge in [0, 0.05) is 5.56 Å². The van der Waals surface area contributed by atoms with Gasteiger partial charge in [0.15, 0.2) is 0 Å². The number of hydrogen-bond donors (Lipinski definition) is 0. The average Bonchev–Trinajstić information content (AvgIpc) is 2.27. The Kier molecular flexibility index (Phi) is 2.27. The Hall–Kier alpha value is -1.70. The fourth-order valence-electron chi connectivity index (χ4n) is 1.72. The molecular formula is C12H8O2. The molecule has 14 heavy (non-hydrogen) atoms. The van der Waals surface area contributed by atoms with Crippen LogP contribution >= 0.6 is 0 Å². The second-order valence-corrected chi connectivity index (χ2v) is 3.22. The molecule has 0 spiro atoms. The highest BCUT2D eigenvalue weighted by atomic mass is 16.1. The zero-order valence-electron chi connectivity index (χ0n) is 7.49. The van der Waals surface area contributed by atoms with Gasteiger partial charge in [0.2, 0.25) is 12.6 Å². The highest BCUT2D eigenvalue weighted by molar-refractivity contribution is 5.85. The monoisotopic (exact) mass is 184 g/mol. The van der Waals surface area contributed by atoms with Crippen molar-refractivity contribution in [2.24, 2.45) is 0 Å². The smallest absolute Gasteiger partial charge is 0.234 e. The first-order valence-corrected chi connectivity index (χ1v) is 4.42. The molecule has 1 aliphatic rings. The summed E-state index contributed by atoms with van der Waals surface area (Å²) in [7, 11) is 0. The fourth-order valence-corrected chi connectivity index (χ4v) is 1.72. The van der Waals surface area contributed by atoms with E-state index in [0.717, 1.165) is 11.1 Å². The van der Waals surface area contributed by atoms with E-state index in [1.54, 1.807) is 12.1 Å². The van der Waals surface area contributed by atoms with Gasteiger partial charge in [-0.2, -0.15) is 0 Å².